The van der Waals surface area contributed by atoms with Crippen molar-refractivity contribution >= 4 is 5.69 Å². The maximum atomic E-state index is 9.02. The van der Waals surface area contributed by atoms with E-state index in [1.807, 2.05) is 12.1 Å². The van der Waals surface area contributed by atoms with E-state index in [1.165, 1.54) is 12.8 Å². The number of aromatic nitrogens is 1. The zero-order chi connectivity index (χ0) is 9.80. The number of nitriles is 1. The Morgan fingerprint density at radius 1 is 1.36 bits per heavy atom. The molecular weight excluding hydrogens is 174 g/mol. The number of piperidine rings is 1. The number of hydrogen-bond acceptors (Lipinski definition) is 3. The first kappa shape index (κ1) is 9.01. The summed E-state index contributed by atoms with van der Waals surface area (Å²) in [7, 11) is 0. The molecule has 0 radical (unpaired) electrons. The van der Waals surface area contributed by atoms with E-state index in [4.69, 9.17) is 5.26 Å². The average molecular weight is 187 g/mol. The first-order chi connectivity index (χ1) is 6.92. The van der Waals surface area contributed by atoms with Gasteiger partial charge in [-0.2, -0.15) is 5.26 Å². The molecule has 0 aromatic carbocycles. The number of rotatable bonds is 1. The molecule has 0 aliphatic carbocycles. The molecule has 0 N–H and O–H groups in total. The first-order valence-corrected chi connectivity index (χ1v) is 4.98. The van der Waals surface area contributed by atoms with Gasteiger partial charge in [0.1, 0.15) is 6.04 Å². The van der Waals surface area contributed by atoms with Crippen LogP contribution < -0.4 is 4.90 Å². The standard InChI is InChI=1S/C11H13N3/c12-9-11-3-1-2-8-14(11)10-4-6-13-7-5-10/h4-7,11H,1-3,8H2. The Hall–Kier alpha value is -1.56. The Kier molecular flexibility index (Phi) is 2.64. The van der Waals surface area contributed by atoms with Crippen molar-refractivity contribution in [2.24, 2.45) is 0 Å². The van der Waals surface area contributed by atoms with Crippen molar-refractivity contribution in [2.75, 3.05) is 11.4 Å². The van der Waals surface area contributed by atoms with E-state index in [9.17, 15) is 0 Å². The molecule has 2 rings (SSSR count). The largest absolute Gasteiger partial charge is 0.356 e. The molecule has 0 amide bonds. The van der Waals surface area contributed by atoms with E-state index in [0.29, 0.717) is 0 Å². The molecule has 2 heterocycles. The van der Waals surface area contributed by atoms with Gasteiger partial charge in [0.25, 0.3) is 0 Å². The van der Waals surface area contributed by atoms with Gasteiger partial charge in [0.2, 0.25) is 0 Å². The van der Waals surface area contributed by atoms with E-state index in [-0.39, 0.29) is 6.04 Å². The molecule has 72 valence electrons. The van der Waals surface area contributed by atoms with Crippen molar-refractivity contribution in [1.82, 2.24) is 4.98 Å². The Labute approximate surface area is 84.0 Å². The van der Waals surface area contributed by atoms with Gasteiger partial charge in [-0.25, -0.2) is 0 Å². The topological polar surface area (TPSA) is 39.9 Å². The SMILES string of the molecule is N#CC1CCCCN1c1ccncc1. The Bertz CT molecular complexity index is 328. The molecule has 0 saturated carbocycles. The lowest BCUT2D eigenvalue weighted by Crippen LogP contribution is -2.38. The van der Waals surface area contributed by atoms with Gasteiger partial charge >= 0.3 is 0 Å². The molecule has 0 spiro atoms. The summed E-state index contributed by atoms with van der Waals surface area (Å²) >= 11 is 0. The second-order valence-corrected chi connectivity index (χ2v) is 3.54. The van der Waals surface area contributed by atoms with Gasteiger partial charge in [0.05, 0.1) is 6.07 Å². The van der Waals surface area contributed by atoms with Crippen molar-refractivity contribution in [3.63, 3.8) is 0 Å². The molecule has 1 aliphatic rings. The molecule has 1 fully saturated rings. The van der Waals surface area contributed by atoms with Crippen LogP contribution in [0.25, 0.3) is 0 Å². The van der Waals surface area contributed by atoms with Crippen LogP contribution in [0.4, 0.5) is 5.69 Å². The van der Waals surface area contributed by atoms with Gasteiger partial charge in [0, 0.05) is 24.6 Å². The summed E-state index contributed by atoms with van der Waals surface area (Å²) in [4.78, 5) is 6.15. The second-order valence-electron chi connectivity index (χ2n) is 3.54. The third-order valence-electron chi connectivity index (χ3n) is 2.65. The van der Waals surface area contributed by atoms with Crippen LogP contribution in [0.2, 0.25) is 0 Å². The molecule has 1 atom stereocenters. The third kappa shape index (κ3) is 1.69. The van der Waals surface area contributed by atoms with Crippen LogP contribution in [0.3, 0.4) is 0 Å². The summed E-state index contributed by atoms with van der Waals surface area (Å²) in [6, 6.07) is 6.34. The lowest BCUT2D eigenvalue weighted by Gasteiger charge is -2.33. The molecule has 3 heteroatoms. The molecule has 1 aromatic rings. The highest BCUT2D eigenvalue weighted by Gasteiger charge is 2.21. The van der Waals surface area contributed by atoms with E-state index < -0.39 is 0 Å². The van der Waals surface area contributed by atoms with Crippen LogP contribution >= 0.6 is 0 Å². The van der Waals surface area contributed by atoms with Crippen molar-refractivity contribution in [3.05, 3.63) is 24.5 Å². The van der Waals surface area contributed by atoms with Crippen LogP contribution in [0.15, 0.2) is 24.5 Å². The van der Waals surface area contributed by atoms with E-state index >= 15 is 0 Å². The molecule has 14 heavy (non-hydrogen) atoms. The van der Waals surface area contributed by atoms with Crippen LogP contribution in [0.5, 0.6) is 0 Å². The minimum Gasteiger partial charge on any atom is -0.356 e. The Morgan fingerprint density at radius 3 is 2.86 bits per heavy atom. The Balaban J connectivity index is 2.20. The number of hydrogen-bond donors (Lipinski definition) is 0. The maximum Gasteiger partial charge on any atom is 0.116 e. The normalized spacial score (nSPS) is 21.6. The minimum atomic E-state index is 0.0474. The fraction of sp³-hybridized carbons (Fsp3) is 0.455. The van der Waals surface area contributed by atoms with Crippen LogP contribution in [-0.2, 0) is 0 Å². The van der Waals surface area contributed by atoms with Gasteiger partial charge in [-0.3, -0.25) is 4.98 Å². The first-order valence-electron chi connectivity index (χ1n) is 4.98. The van der Waals surface area contributed by atoms with Crippen LogP contribution in [-0.4, -0.2) is 17.6 Å². The monoisotopic (exact) mass is 187 g/mol. The predicted octanol–water partition coefficient (Wildman–Crippen LogP) is 1.96. The predicted molar refractivity (Wildman–Crippen MR) is 54.8 cm³/mol. The molecule has 1 aliphatic heterocycles. The van der Waals surface area contributed by atoms with Crippen LogP contribution in [0.1, 0.15) is 19.3 Å². The smallest absolute Gasteiger partial charge is 0.116 e. The van der Waals surface area contributed by atoms with E-state index in [0.717, 1.165) is 18.7 Å². The number of anilines is 1. The van der Waals surface area contributed by atoms with Crippen molar-refractivity contribution in [1.29, 1.82) is 5.26 Å². The fourth-order valence-electron chi connectivity index (χ4n) is 1.91. The number of pyridine rings is 1. The lowest BCUT2D eigenvalue weighted by atomic mass is 10.0. The molecule has 1 saturated heterocycles. The summed E-state index contributed by atoms with van der Waals surface area (Å²) in [5.41, 5.74) is 1.12. The molecule has 0 bridgehead atoms. The van der Waals surface area contributed by atoms with Crippen LogP contribution in [0, 0.1) is 11.3 Å². The highest BCUT2D eigenvalue weighted by molar-refractivity contribution is 5.47. The Morgan fingerprint density at radius 2 is 2.14 bits per heavy atom. The molecule has 3 nitrogen and oxygen atoms in total. The van der Waals surface area contributed by atoms with Gasteiger partial charge in [-0.05, 0) is 31.4 Å². The molecule has 1 aromatic heterocycles. The summed E-state index contributed by atoms with van der Waals surface area (Å²) in [5.74, 6) is 0. The van der Waals surface area contributed by atoms with Crippen molar-refractivity contribution < 1.29 is 0 Å². The van der Waals surface area contributed by atoms with E-state index in [2.05, 4.69) is 16.0 Å². The molecule has 1 unspecified atom stereocenters. The van der Waals surface area contributed by atoms with Gasteiger partial charge < -0.3 is 4.90 Å². The zero-order valence-corrected chi connectivity index (χ0v) is 8.06. The summed E-state index contributed by atoms with van der Waals surface area (Å²) in [6.07, 6.45) is 6.88. The maximum absolute atomic E-state index is 9.02. The summed E-state index contributed by atoms with van der Waals surface area (Å²) in [6.45, 7) is 0.988. The summed E-state index contributed by atoms with van der Waals surface area (Å²) < 4.78 is 0. The van der Waals surface area contributed by atoms with E-state index in [1.54, 1.807) is 12.4 Å². The van der Waals surface area contributed by atoms with Gasteiger partial charge in [-0.15, -0.1) is 0 Å². The quantitative estimate of drug-likeness (QED) is 0.674. The van der Waals surface area contributed by atoms with Crippen molar-refractivity contribution in [2.45, 2.75) is 25.3 Å². The summed E-state index contributed by atoms with van der Waals surface area (Å²) in [5, 5.41) is 9.02. The molecular formula is C11H13N3. The highest BCUT2D eigenvalue weighted by atomic mass is 15.2. The van der Waals surface area contributed by atoms with Gasteiger partial charge in [0.15, 0.2) is 0 Å². The fourth-order valence-corrected chi connectivity index (χ4v) is 1.91. The number of nitrogens with zero attached hydrogens (tertiary/aromatic N) is 3. The highest BCUT2D eigenvalue weighted by Crippen LogP contribution is 2.23. The zero-order valence-electron chi connectivity index (χ0n) is 8.06. The lowest BCUT2D eigenvalue weighted by molar-refractivity contribution is 0.521. The van der Waals surface area contributed by atoms with Crippen molar-refractivity contribution in [3.8, 4) is 6.07 Å². The second kappa shape index (κ2) is 4.10. The minimum absolute atomic E-state index is 0.0474. The average Bonchev–Trinajstić information content (AvgIpc) is 2.30. The third-order valence-corrected chi connectivity index (χ3v) is 2.65. The van der Waals surface area contributed by atoms with Gasteiger partial charge in [-0.1, -0.05) is 0 Å².